The Morgan fingerprint density at radius 1 is 1.11 bits per heavy atom. The number of anilines is 2. The van der Waals surface area contributed by atoms with Crippen molar-refractivity contribution in [3.05, 3.63) is 67.0 Å². The number of ether oxygens (including phenoxy) is 1. The van der Waals surface area contributed by atoms with Crippen molar-refractivity contribution in [1.82, 2.24) is 35.1 Å². The second kappa shape index (κ2) is 13.7. The fourth-order valence-electron chi connectivity index (χ4n) is 5.71. The molecule has 2 aromatic carbocycles. The Bertz CT molecular complexity index is 1700. The van der Waals surface area contributed by atoms with E-state index in [1.807, 2.05) is 61.9 Å². The van der Waals surface area contributed by atoms with E-state index in [0.717, 1.165) is 16.8 Å². The molecule has 242 valence electrons. The summed E-state index contributed by atoms with van der Waals surface area (Å²) in [5.74, 6) is 0.525. The number of ketones is 1. The average Bonchev–Trinajstić information content (AvgIpc) is 3.76. The number of likely N-dealkylation sites (tertiary alicyclic amines) is 1. The molecule has 0 saturated carbocycles. The molecule has 0 bridgehead atoms. The van der Waals surface area contributed by atoms with Crippen molar-refractivity contribution in [2.75, 3.05) is 26.0 Å². The number of methoxy groups -OCH3 is 1. The lowest BCUT2D eigenvalue weighted by molar-refractivity contribution is -0.143. The van der Waals surface area contributed by atoms with Crippen molar-refractivity contribution in [2.24, 2.45) is 5.41 Å². The number of aromatic nitrogens is 4. The maximum atomic E-state index is 13.9. The number of imidazole rings is 1. The highest BCUT2D eigenvalue weighted by molar-refractivity contribution is 5.97. The lowest BCUT2D eigenvalue weighted by Crippen LogP contribution is -2.58. The van der Waals surface area contributed by atoms with Crippen LogP contribution in [0.5, 0.6) is 5.75 Å². The molecule has 12 nitrogen and oxygen atoms in total. The predicted octanol–water partition coefficient (Wildman–Crippen LogP) is 3.81. The molecule has 0 radical (unpaired) electrons. The van der Waals surface area contributed by atoms with Gasteiger partial charge in [0.1, 0.15) is 23.9 Å². The summed E-state index contributed by atoms with van der Waals surface area (Å²) in [7, 11) is 3.26. The van der Waals surface area contributed by atoms with Gasteiger partial charge in [0.2, 0.25) is 11.8 Å². The fourth-order valence-corrected chi connectivity index (χ4v) is 5.71. The van der Waals surface area contributed by atoms with Crippen molar-refractivity contribution >= 4 is 40.0 Å². The summed E-state index contributed by atoms with van der Waals surface area (Å²) in [6, 6.07) is 9.71. The topological polar surface area (TPSA) is 143 Å². The SMILES string of the molecule is CN[C@@H](C)C(=O)N[C@H](C(=O)N1CCC[C@H]1C(=O)Cc1cc2c(Nc3ccc(-n4ccnc4)cc3)ncnc2cc1OC)C(C)(C)C. The normalized spacial score (nSPS) is 16.2. The van der Waals surface area contributed by atoms with Gasteiger partial charge in [-0.05, 0) is 62.6 Å². The van der Waals surface area contributed by atoms with Gasteiger partial charge in [0, 0.05) is 53.8 Å². The van der Waals surface area contributed by atoms with Crippen LogP contribution in [0, 0.1) is 5.41 Å². The van der Waals surface area contributed by atoms with E-state index < -0.39 is 23.5 Å². The second-order valence-electron chi connectivity index (χ2n) is 12.7. The number of fused-ring (bicyclic) bond motifs is 1. The van der Waals surface area contributed by atoms with Gasteiger partial charge in [-0.25, -0.2) is 15.0 Å². The van der Waals surface area contributed by atoms with Crippen molar-refractivity contribution in [1.29, 1.82) is 0 Å². The van der Waals surface area contributed by atoms with Gasteiger partial charge in [-0.1, -0.05) is 20.8 Å². The molecule has 12 heteroatoms. The first kappa shape index (κ1) is 32.6. The number of hydrogen-bond donors (Lipinski definition) is 3. The first-order valence-corrected chi connectivity index (χ1v) is 15.5. The van der Waals surface area contributed by atoms with Crippen molar-refractivity contribution < 1.29 is 19.1 Å². The monoisotopic (exact) mass is 626 g/mol. The molecule has 1 aliphatic rings. The first-order valence-electron chi connectivity index (χ1n) is 15.5. The van der Waals surface area contributed by atoms with Crippen LogP contribution < -0.4 is 20.7 Å². The van der Waals surface area contributed by atoms with Crippen molar-refractivity contribution in [2.45, 2.75) is 65.1 Å². The summed E-state index contributed by atoms with van der Waals surface area (Å²) in [6.07, 6.45) is 8.16. The van der Waals surface area contributed by atoms with Gasteiger partial charge in [-0.2, -0.15) is 0 Å². The van der Waals surface area contributed by atoms with E-state index in [4.69, 9.17) is 4.74 Å². The van der Waals surface area contributed by atoms with Crippen LogP contribution in [-0.4, -0.2) is 80.8 Å². The molecule has 0 spiro atoms. The quantitative estimate of drug-likeness (QED) is 0.226. The van der Waals surface area contributed by atoms with Crippen LogP contribution >= 0.6 is 0 Å². The number of hydrogen-bond acceptors (Lipinski definition) is 9. The van der Waals surface area contributed by atoms with Crippen molar-refractivity contribution in [3.63, 3.8) is 0 Å². The number of nitrogens with one attached hydrogen (secondary N) is 3. The van der Waals surface area contributed by atoms with E-state index in [1.54, 1.807) is 44.6 Å². The zero-order valence-corrected chi connectivity index (χ0v) is 27.2. The van der Waals surface area contributed by atoms with Crippen LogP contribution in [0.2, 0.25) is 0 Å². The Kier molecular flexibility index (Phi) is 9.66. The highest BCUT2D eigenvalue weighted by Gasteiger charge is 2.42. The molecule has 2 amide bonds. The zero-order valence-electron chi connectivity index (χ0n) is 27.2. The van der Waals surface area contributed by atoms with Crippen molar-refractivity contribution in [3.8, 4) is 11.4 Å². The summed E-state index contributed by atoms with van der Waals surface area (Å²) < 4.78 is 7.60. The smallest absolute Gasteiger partial charge is 0.246 e. The van der Waals surface area contributed by atoms with Crippen LogP contribution in [-0.2, 0) is 20.8 Å². The number of rotatable bonds is 11. The summed E-state index contributed by atoms with van der Waals surface area (Å²) in [6.45, 7) is 7.93. The van der Waals surface area contributed by atoms with Gasteiger partial charge >= 0.3 is 0 Å². The summed E-state index contributed by atoms with van der Waals surface area (Å²) in [5.41, 5.74) is 2.60. The Morgan fingerprint density at radius 2 is 1.87 bits per heavy atom. The third-order valence-electron chi connectivity index (χ3n) is 8.47. The fraction of sp³-hybridized carbons (Fsp3) is 0.412. The van der Waals surface area contributed by atoms with E-state index in [-0.39, 0.29) is 24.0 Å². The maximum absolute atomic E-state index is 13.9. The van der Waals surface area contributed by atoms with Crippen LogP contribution in [0.25, 0.3) is 16.6 Å². The molecular formula is C34H42N8O4. The molecule has 3 atom stereocenters. The van der Waals surface area contributed by atoms with Gasteiger partial charge in [-0.15, -0.1) is 0 Å². The number of Topliss-reactive ketones (excluding diaryl/α,β-unsaturated/α-hetero) is 1. The molecule has 4 aromatic rings. The van der Waals surface area contributed by atoms with E-state index >= 15 is 0 Å². The summed E-state index contributed by atoms with van der Waals surface area (Å²) in [4.78, 5) is 55.2. The van der Waals surface area contributed by atoms with Crippen LogP contribution in [0.3, 0.4) is 0 Å². The van der Waals surface area contributed by atoms with Crippen LogP contribution in [0.4, 0.5) is 11.5 Å². The Morgan fingerprint density at radius 3 is 2.52 bits per heavy atom. The lowest BCUT2D eigenvalue weighted by Gasteiger charge is -2.36. The standard InChI is InChI=1S/C34H42N8O4/c1-21(35-5)32(44)40-30(34(2,3)4)33(45)42-14-7-8-27(42)28(43)17-22-16-25-26(18-29(22)46-6)37-19-38-31(25)39-23-9-11-24(12-10-23)41-15-13-36-20-41/h9-13,15-16,18-21,27,30,35H,7-8,14,17H2,1-6H3,(H,40,44)(H,37,38,39)/t21-,27-,30+/m0/s1. The number of likely N-dealkylation sites (N-methyl/N-ethyl adjacent to an activating group) is 1. The maximum Gasteiger partial charge on any atom is 0.246 e. The lowest BCUT2D eigenvalue weighted by atomic mass is 9.85. The number of amides is 2. The molecule has 1 aliphatic heterocycles. The highest BCUT2D eigenvalue weighted by Crippen LogP contribution is 2.32. The first-order chi connectivity index (χ1) is 22.0. The minimum Gasteiger partial charge on any atom is -0.496 e. The van der Waals surface area contributed by atoms with E-state index in [9.17, 15) is 14.4 Å². The average molecular weight is 627 g/mol. The molecule has 0 unspecified atom stereocenters. The van der Waals surface area contributed by atoms with Gasteiger partial charge in [0.25, 0.3) is 0 Å². The predicted molar refractivity (Wildman–Crippen MR) is 176 cm³/mol. The minimum absolute atomic E-state index is 0.0603. The summed E-state index contributed by atoms with van der Waals surface area (Å²) >= 11 is 0. The second-order valence-corrected chi connectivity index (χ2v) is 12.7. The largest absolute Gasteiger partial charge is 0.496 e. The number of nitrogens with zero attached hydrogens (tertiary/aromatic N) is 5. The van der Waals surface area contributed by atoms with Gasteiger partial charge in [-0.3, -0.25) is 14.4 Å². The molecular weight excluding hydrogens is 584 g/mol. The molecule has 3 heterocycles. The Labute approximate surface area is 269 Å². The number of carbonyl (C=O) groups is 3. The highest BCUT2D eigenvalue weighted by atomic mass is 16.5. The molecule has 3 N–H and O–H groups in total. The third kappa shape index (κ3) is 7.02. The van der Waals surface area contributed by atoms with Crippen LogP contribution in [0.15, 0.2) is 61.4 Å². The molecule has 2 aromatic heterocycles. The Hall–Kier alpha value is -4.84. The molecule has 46 heavy (non-hydrogen) atoms. The van der Waals surface area contributed by atoms with E-state index in [2.05, 4.69) is 30.9 Å². The minimum atomic E-state index is -0.779. The third-order valence-corrected chi connectivity index (χ3v) is 8.47. The van der Waals surface area contributed by atoms with Crippen LogP contribution in [0.1, 0.15) is 46.1 Å². The molecule has 1 fully saturated rings. The van der Waals surface area contributed by atoms with Gasteiger partial charge in [0.15, 0.2) is 5.78 Å². The molecule has 0 aliphatic carbocycles. The number of benzene rings is 2. The number of carbonyl (C=O) groups excluding carboxylic acids is 3. The molecule has 1 saturated heterocycles. The van der Waals surface area contributed by atoms with E-state index in [1.165, 1.54) is 6.33 Å². The molecule has 5 rings (SSSR count). The van der Waals surface area contributed by atoms with Gasteiger partial charge < -0.3 is 30.2 Å². The Balaban J connectivity index is 1.37. The summed E-state index contributed by atoms with van der Waals surface area (Å²) in [5, 5.41) is 9.94. The zero-order chi connectivity index (χ0) is 33.0. The van der Waals surface area contributed by atoms with E-state index in [0.29, 0.717) is 42.0 Å². The van der Waals surface area contributed by atoms with Gasteiger partial charge in [0.05, 0.1) is 31.0 Å².